The molecule has 0 aromatic heterocycles. The number of benzene rings is 1. The number of quaternary nitrogens is 1. The number of thioether (sulfide) groups is 1. The van der Waals surface area contributed by atoms with Crippen LogP contribution in [0.2, 0.25) is 0 Å². The molecule has 2 aliphatic heterocycles. The highest BCUT2D eigenvalue weighted by Gasteiger charge is 2.72. The summed E-state index contributed by atoms with van der Waals surface area (Å²) in [5.74, 6) is 0.523. The lowest BCUT2D eigenvalue weighted by molar-refractivity contribution is -0.916. The molecule has 2 fully saturated rings. The number of Topliss-reactive ketones (excluding diaryl/α,β-unsaturated/α-hetero) is 1. The van der Waals surface area contributed by atoms with E-state index < -0.39 is 22.6 Å². The molecule has 10 heteroatoms. The topological polar surface area (TPSA) is 145 Å². The lowest BCUT2D eigenvalue weighted by atomic mass is 9.79. The number of aliphatic hydroxyl groups is 3. The molecule has 3 rings (SSSR count). The van der Waals surface area contributed by atoms with Gasteiger partial charge in [0.25, 0.3) is 0 Å². The maximum absolute atomic E-state index is 13.2. The van der Waals surface area contributed by atoms with Crippen LogP contribution in [0.25, 0.3) is 0 Å². The summed E-state index contributed by atoms with van der Waals surface area (Å²) in [6, 6.07) is 8.66. The van der Waals surface area contributed by atoms with Crippen LogP contribution in [-0.4, -0.2) is 99.6 Å². The van der Waals surface area contributed by atoms with E-state index in [1.54, 1.807) is 23.9 Å². The Hall–Kier alpha value is -1.37. The fourth-order valence-corrected chi connectivity index (χ4v) is 7.44. The van der Waals surface area contributed by atoms with Crippen LogP contribution in [0, 0.1) is 5.92 Å². The van der Waals surface area contributed by atoms with E-state index >= 15 is 0 Å². The molecular formula is C25H41N4O5S+. The molecule has 2 heterocycles. The molecular weight excluding hydrogens is 468 g/mol. The van der Waals surface area contributed by atoms with Crippen LogP contribution < -0.4 is 16.6 Å². The van der Waals surface area contributed by atoms with Gasteiger partial charge in [0.15, 0.2) is 16.6 Å². The molecule has 0 amide bonds. The quantitative estimate of drug-likeness (QED) is 0.0635. The van der Waals surface area contributed by atoms with Gasteiger partial charge in [0, 0.05) is 24.5 Å². The average molecular weight is 510 g/mol. The lowest BCUT2D eigenvalue weighted by Crippen LogP contribution is -2.63. The second-order valence-electron chi connectivity index (χ2n) is 10.2. The molecule has 0 saturated carbocycles. The van der Waals surface area contributed by atoms with Crippen molar-refractivity contribution in [3.05, 3.63) is 35.9 Å². The normalized spacial score (nSPS) is 31.7. The Morgan fingerprint density at radius 1 is 1.31 bits per heavy atom. The summed E-state index contributed by atoms with van der Waals surface area (Å²) >= 11 is 1.58. The molecule has 1 aromatic carbocycles. The van der Waals surface area contributed by atoms with Gasteiger partial charge in [-0.1, -0.05) is 55.4 Å². The van der Waals surface area contributed by atoms with Crippen LogP contribution in [-0.2, 0) is 4.79 Å². The van der Waals surface area contributed by atoms with Crippen molar-refractivity contribution in [1.82, 2.24) is 10.9 Å². The minimum absolute atomic E-state index is 0.000531. The molecule has 7 N–H and O–H groups in total. The number of hydrogen-bond acceptors (Lipinski definition) is 9. The first-order valence-corrected chi connectivity index (χ1v) is 13.5. The van der Waals surface area contributed by atoms with Gasteiger partial charge in [-0.15, -0.1) is 0 Å². The van der Waals surface area contributed by atoms with Gasteiger partial charge in [-0.25, -0.2) is 5.43 Å². The molecule has 9 nitrogen and oxygen atoms in total. The number of unbranched alkanes of at least 4 members (excludes halogenated alkanes) is 1. The third-order valence-electron chi connectivity index (χ3n) is 7.43. The fourth-order valence-electron chi connectivity index (χ4n) is 5.59. The van der Waals surface area contributed by atoms with E-state index in [-0.39, 0.29) is 44.4 Å². The number of carbonyl (C=O) groups is 2. The van der Waals surface area contributed by atoms with Gasteiger partial charge in [0.1, 0.15) is 19.4 Å². The van der Waals surface area contributed by atoms with Crippen LogP contribution in [0.15, 0.2) is 30.3 Å². The van der Waals surface area contributed by atoms with Crippen LogP contribution >= 0.6 is 11.8 Å². The Morgan fingerprint density at radius 2 is 2.06 bits per heavy atom. The van der Waals surface area contributed by atoms with Crippen molar-refractivity contribution in [3.63, 3.8) is 0 Å². The van der Waals surface area contributed by atoms with E-state index in [4.69, 9.17) is 5.73 Å². The third kappa shape index (κ3) is 6.14. The zero-order chi connectivity index (χ0) is 25.5. The second kappa shape index (κ2) is 12.2. The molecule has 2 aliphatic rings. The predicted molar refractivity (Wildman–Crippen MR) is 137 cm³/mol. The Labute approximate surface area is 212 Å². The highest BCUT2D eigenvalue weighted by atomic mass is 32.2. The van der Waals surface area contributed by atoms with Gasteiger partial charge in [-0.05, 0) is 31.7 Å². The first-order valence-electron chi connectivity index (χ1n) is 12.5. The highest BCUT2D eigenvalue weighted by molar-refractivity contribution is 8.00. The van der Waals surface area contributed by atoms with Crippen molar-refractivity contribution in [2.75, 3.05) is 45.1 Å². The van der Waals surface area contributed by atoms with Crippen molar-refractivity contribution in [2.24, 2.45) is 11.7 Å². The molecule has 1 aromatic rings. The molecule has 196 valence electrons. The first kappa shape index (κ1) is 28.2. The number of nitrogens with zero attached hydrogens (tertiary/aromatic N) is 1. The number of ketones is 1. The summed E-state index contributed by atoms with van der Waals surface area (Å²) in [7, 11) is 0. The number of aliphatic hydroxyl groups excluding tert-OH is 1. The van der Waals surface area contributed by atoms with E-state index in [0.29, 0.717) is 29.6 Å². The third-order valence-corrected chi connectivity index (χ3v) is 9.00. The minimum Gasteiger partial charge on any atom is -0.396 e. The molecule has 6 atom stereocenters. The maximum atomic E-state index is 13.2. The number of aldehydes is 1. The number of carbonyl (C=O) groups excluding carboxylic acids is 2. The summed E-state index contributed by atoms with van der Waals surface area (Å²) in [4.78, 5) is 24.7. The summed E-state index contributed by atoms with van der Waals surface area (Å²) < 4.78 is 0.291. The maximum Gasteiger partial charge on any atom is 0.216 e. The summed E-state index contributed by atoms with van der Waals surface area (Å²) in [6.45, 7) is 3.34. The van der Waals surface area contributed by atoms with Crippen LogP contribution in [0.3, 0.4) is 0 Å². The number of rotatable bonds is 15. The molecule has 0 bridgehead atoms. The Balaban J connectivity index is 1.80. The average Bonchev–Trinajstić information content (AvgIpc) is 3.32. The van der Waals surface area contributed by atoms with E-state index in [1.807, 2.05) is 25.1 Å². The van der Waals surface area contributed by atoms with Crippen molar-refractivity contribution in [3.8, 4) is 0 Å². The zero-order valence-electron chi connectivity index (χ0n) is 20.6. The minimum atomic E-state index is -1.57. The highest BCUT2D eigenvalue weighted by Crippen LogP contribution is 2.53. The van der Waals surface area contributed by atoms with E-state index in [9.17, 15) is 24.9 Å². The van der Waals surface area contributed by atoms with Crippen molar-refractivity contribution < 1.29 is 29.4 Å². The summed E-state index contributed by atoms with van der Waals surface area (Å²) in [5.41, 5.74) is 9.02. The molecule has 2 saturated heterocycles. The van der Waals surface area contributed by atoms with Crippen molar-refractivity contribution in [2.45, 2.75) is 55.2 Å². The lowest BCUT2D eigenvalue weighted by Gasteiger charge is -2.39. The number of nitrogens with one attached hydrogen (secondary N) is 2. The van der Waals surface area contributed by atoms with Gasteiger partial charge in [-0.2, -0.15) is 0 Å². The fraction of sp³-hybridized carbons (Fsp3) is 0.680. The number of hydrazine groups is 1. The molecule has 5 unspecified atom stereocenters. The van der Waals surface area contributed by atoms with Gasteiger partial charge in [0.2, 0.25) is 5.78 Å². The molecule has 0 aliphatic carbocycles. The molecule has 0 spiro atoms. The Morgan fingerprint density at radius 3 is 2.71 bits per heavy atom. The van der Waals surface area contributed by atoms with Gasteiger partial charge in [-0.3, -0.25) is 10.2 Å². The van der Waals surface area contributed by atoms with Gasteiger partial charge >= 0.3 is 0 Å². The van der Waals surface area contributed by atoms with Gasteiger partial charge in [0.05, 0.1) is 12.6 Å². The number of fused-ring (bicyclic) bond motifs is 1. The van der Waals surface area contributed by atoms with Crippen LogP contribution in [0.1, 0.15) is 43.0 Å². The second-order valence-corrected chi connectivity index (χ2v) is 11.4. The number of nitrogens with two attached hydrogens (primary N) is 1. The smallest absolute Gasteiger partial charge is 0.216 e. The largest absolute Gasteiger partial charge is 0.396 e. The van der Waals surface area contributed by atoms with E-state index in [2.05, 4.69) is 10.9 Å². The Kier molecular flexibility index (Phi) is 9.87. The number of hydrogen-bond donors (Lipinski definition) is 6. The van der Waals surface area contributed by atoms with E-state index in [0.717, 1.165) is 24.9 Å². The SMILES string of the molecule is CC(CO)CC1(O)C2SCC[N+]2(CC(=O)c2ccccc2)CC1(O)CNN[C@@H](C=O)CCCCN. The standard InChI is InChI=1S/C25H41N4O5S/c1-19(15-30)13-25(34)23-29(11-12-35-23,14-22(32)20-7-3-2-4-8-20)18-24(25,33)17-27-28-21(16-31)9-5-6-10-26/h2-4,7-8,16,19,21,23,27-28,30,33-34H,5-6,9-15,17-18,26H2,1H3/q+1/t19?,21-,23?,24?,25?,29?/m1/s1. The van der Waals surface area contributed by atoms with Gasteiger partial charge < -0.3 is 30.3 Å². The van der Waals surface area contributed by atoms with Crippen molar-refractivity contribution in [1.29, 1.82) is 0 Å². The summed E-state index contributed by atoms with van der Waals surface area (Å²) in [6.07, 6.45) is 3.26. The van der Waals surface area contributed by atoms with Crippen LogP contribution in [0.5, 0.6) is 0 Å². The predicted octanol–water partition coefficient (Wildman–Crippen LogP) is 0.0440. The Bertz CT molecular complexity index is 848. The monoisotopic (exact) mass is 509 g/mol. The summed E-state index contributed by atoms with van der Waals surface area (Å²) in [5, 5.41) is 33.3. The first-order chi connectivity index (χ1) is 16.7. The van der Waals surface area contributed by atoms with Crippen LogP contribution in [0.4, 0.5) is 0 Å². The zero-order valence-corrected chi connectivity index (χ0v) is 21.4. The van der Waals surface area contributed by atoms with E-state index in [1.165, 1.54) is 0 Å². The molecule has 0 radical (unpaired) electrons. The molecule has 35 heavy (non-hydrogen) atoms. The van der Waals surface area contributed by atoms with Crippen molar-refractivity contribution >= 4 is 23.8 Å².